The molecule has 0 aliphatic carbocycles. The lowest BCUT2D eigenvalue weighted by atomic mass is 9.89. The van der Waals surface area contributed by atoms with Gasteiger partial charge in [0.05, 0.1) is 19.3 Å². The number of rotatable bonds is 9. The van der Waals surface area contributed by atoms with Gasteiger partial charge >= 0.3 is 0 Å². The summed E-state index contributed by atoms with van der Waals surface area (Å²) in [7, 11) is 1.82. The lowest BCUT2D eigenvalue weighted by molar-refractivity contribution is -0.0265. The normalized spacial score (nSPS) is 19.9. The highest BCUT2D eigenvalue weighted by Gasteiger charge is 2.27. The van der Waals surface area contributed by atoms with Crippen molar-refractivity contribution in [3.05, 3.63) is 71.8 Å². The molecule has 0 bridgehead atoms. The Morgan fingerprint density at radius 3 is 2.52 bits per heavy atom. The summed E-state index contributed by atoms with van der Waals surface area (Å²) < 4.78 is 12.0. The van der Waals surface area contributed by atoms with E-state index in [0.717, 1.165) is 38.5 Å². The van der Waals surface area contributed by atoms with Gasteiger partial charge in [0.15, 0.2) is 5.96 Å². The SMILES string of the molecule is CN=C(NCC(C)COCc1ccccc1)NCC1CCCOC1c1ccccc1.I. The van der Waals surface area contributed by atoms with Crippen LogP contribution in [0.4, 0.5) is 0 Å². The van der Waals surface area contributed by atoms with Gasteiger partial charge in [-0.1, -0.05) is 67.6 Å². The smallest absolute Gasteiger partial charge is 0.190 e. The maximum absolute atomic E-state index is 6.10. The van der Waals surface area contributed by atoms with E-state index in [-0.39, 0.29) is 30.1 Å². The van der Waals surface area contributed by atoms with E-state index >= 15 is 0 Å². The third-order valence-electron chi connectivity index (χ3n) is 5.46. The summed E-state index contributed by atoms with van der Waals surface area (Å²) in [4.78, 5) is 4.38. The third kappa shape index (κ3) is 8.79. The first-order valence-corrected chi connectivity index (χ1v) is 11.0. The van der Waals surface area contributed by atoms with E-state index in [1.54, 1.807) is 0 Å². The second kappa shape index (κ2) is 14.4. The Kier molecular flexibility index (Phi) is 11.9. The molecule has 6 heteroatoms. The Morgan fingerprint density at radius 2 is 1.81 bits per heavy atom. The van der Waals surface area contributed by atoms with Crippen molar-refractivity contribution in [3.8, 4) is 0 Å². The zero-order valence-corrected chi connectivity index (χ0v) is 21.0. The molecular weight excluding hydrogens is 501 g/mol. The zero-order valence-electron chi connectivity index (χ0n) is 18.6. The molecule has 1 aliphatic heterocycles. The van der Waals surface area contributed by atoms with Crippen LogP contribution >= 0.6 is 24.0 Å². The summed E-state index contributed by atoms with van der Waals surface area (Å²) >= 11 is 0. The Bertz CT molecular complexity index is 758. The number of hydrogen-bond acceptors (Lipinski definition) is 3. The van der Waals surface area contributed by atoms with Crippen LogP contribution in [0.1, 0.15) is 37.0 Å². The number of hydrogen-bond donors (Lipinski definition) is 2. The number of ether oxygens (including phenoxy) is 2. The molecule has 0 saturated carbocycles. The number of nitrogens with one attached hydrogen (secondary N) is 2. The Balaban J connectivity index is 0.00000341. The molecule has 3 atom stereocenters. The molecule has 2 N–H and O–H groups in total. The summed E-state index contributed by atoms with van der Waals surface area (Å²) in [5, 5.41) is 6.92. The highest BCUT2D eigenvalue weighted by atomic mass is 127. The third-order valence-corrected chi connectivity index (χ3v) is 5.46. The highest BCUT2D eigenvalue weighted by molar-refractivity contribution is 14.0. The van der Waals surface area contributed by atoms with E-state index < -0.39 is 0 Å². The average molecular weight is 537 g/mol. The predicted molar refractivity (Wildman–Crippen MR) is 138 cm³/mol. The van der Waals surface area contributed by atoms with Crippen LogP contribution in [-0.4, -0.2) is 39.3 Å². The van der Waals surface area contributed by atoms with Crippen molar-refractivity contribution in [3.63, 3.8) is 0 Å². The van der Waals surface area contributed by atoms with Gasteiger partial charge in [-0.2, -0.15) is 0 Å². The molecule has 5 nitrogen and oxygen atoms in total. The Hall–Kier alpha value is -1.64. The Labute approximate surface area is 204 Å². The fourth-order valence-corrected chi connectivity index (χ4v) is 3.79. The van der Waals surface area contributed by atoms with Gasteiger partial charge in [-0.05, 0) is 29.9 Å². The van der Waals surface area contributed by atoms with Gasteiger partial charge in [0.1, 0.15) is 0 Å². The van der Waals surface area contributed by atoms with E-state index in [1.165, 1.54) is 11.1 Å². The molecule has 2 aromatic carbocycles. The molecule has 0 amide bonds. The molecule has 3 unspecified atom stereocenters. The molecule has 1 aliphatic rings. The molecule has 31 heavy (non-hydrogen) atoms. The van der Waals surface area contributed by atoms with Crippen molar-refractivity contribution in [1.82, 2.24) is 10.6 Å². The van der Waals surface area contributed by atoms with Crippen molar-refractivity contribution in [1.29, 1.82) is 0 Å². The van der Waals surface area contributed by atoms with Crippen molar-refractivity contribution in [2.45, 2.75) is 32.5 Å². The van der Waals surface area contributed by atoms with Gasteiger partial charge in [0.2, 0.25) is 0 Å². The number of aliphatic imine (C=N–C) groups is 1. The van der Waals surface area contributed by atoms with Crippen LogP contribution in [0.3, 0.4) is 0 Å². The van der Waals surface area contributed by atoms with E-state index in [2.05, 4.69) is 65.0 Å². The van der Waals surface area contributed by atoms with Crippen molar-refractivity contribution >= 4 is 29.9 Å². The second-order valence-corrected chi connectivity index (χ2v) is 8.04. The Morgan fingerprint density at radius 1 is 1.10 bits per heavy atom. The first kappa shape index (κ1) is 25.6. The van der Waals surface area contributed by atoms with Crippen LogP contribution in [0.2, 0.25) is 0 Å². The largest absolute Gasteiger partial charge is 0.376 e. The highest BCUT2D eigenvalue weighted by Crippen LogP contribution is 2.33. The minimum absolute atomic E-state index is 0. The standard InChI is InChI=1S/C25H35N3O2.HI/c1-20(18-29-19-21-10-5-3-6-11-21)16-27-25(26-2)28-17-23-14-9-15-30-24(23)22-12-7-4-8-13-22;/h3-8,10-13,20,23-24H,9,14-19H2,1-2H3,(H2,26,27,28);1H. The summed E-state index contributed by atoms with van der Waals surface area (Å²) in [6, 6.07) is 20.8. The minimum atomic E-state index is 0. The topological polar surface area (TPSA) is 54.9 Å². The minimum Gasteiger partial charge on any atom is -0.376 e. The molecule has 0 aromatic heterocycles. The fourth-order valence-electron chi connectivity index (χ4n) is 3.79. The van der Waals surface area contributed by atoms with Crippen LogP contribution in [-0.2, 0) is 16.1 Å². The van der Waals surface area contributed by atoms with E-state index in [4.69, 9.17) is 9.47 Å². The summed E-state index contributed by atoms with van der Waals surface area (Å²) in [6.07, 6.45) is 2.42. The molecule has 0 radical (unpaired) electrons. The molecule has 1 fully saturated rings. The van der Waals surface area contributed by atoms with Crippen LogP contribution < -0.4 is 10.6 Å². The number of nitrogens with zero attached hydrogens (tertiary/aromatic N) is 1. The van der Waals surface area contributed by atoms with Gasteiger partial charge < -0.3 is 20.1 Å². The molecule has 1 saturated heterocycles. The van der Waals surface area contributed by atoms with Crippen LogP contribution in [0, 0.1) is 11.8 Å². The fraction of sp³-hybridized carbons (Fsp3) is 0.480. The lowest BCUT2D eigenvalue weighted by Crippen LogP contribution is -2.43. The molecule has 1 heterocycles. The molecular formula is C25H36IN3O2. The van der Waals surface area contributed by atoms with Crippen LogP contribution in [0.5, 0.6) is 0 Å². The van der Waals surface area contributed by atoms with Crippen LogP contribution in [0.25, 0.3) is 0 Å². The number of benzene rings is 2. The molecule has 2 aromatic rings. The van der Waals surface area contributed by atoms with E-state index in [9.17, 15) is 0 Å². The maximum Gasteiger partial charge on any atom is 0.190 e. The van der Waals surface area contributed by atoms with Crippen LogP contribution in [0.15, 0.2) is 65.7 Å². The molecule has 3 rings (SSSR count). The monoisotopic (exact) mass is 537 g/mol. The number of guanidine groups is 1. The first-order valence-electron chi connectivity index (χ1n) is 11.0. The maximum atomic E-state index is 6.10. The van der Waals surface area contributed by atoms with E-state index in [1.807, 2.05) is 25.2 Å². The summed E-state index contributed by atoms with van der Waals surface area (Å²) in [5.74, 6) is 1.66. The van der Waals surface area contributed by atoms with Gasteiger partial charge in [-0.25, -0.2) is 0 Å². The quantitative estimate of drug-likeness (QED) is 0.275. The van der Waals surface area contributed by atoms with Gasteiger partial charge in [-0.3, -0.25) is 4.99 Å². The van der Waals surface area contributed by atoms with Gasteiger partial charge in [-0.15, -0.1) is 24.0 Å². The van der Waals surface area contributed by atoms with Crippen molar-refractivity contribution in [2.24, 2.45) is 16.8 Å². The summed E-state index contributed by atoms with van der Waals surface area (Å²) in [5.41, 5.74) is 2.47. The average Bonchev–Trinajstić information content (AvgIpc) is 2.81. The zero-order chi connectivity index (χ0) is 21.0. The summed E-state index contributed by atoms with van der Waals surface area (Å²) in [6.45, 7) is 6.05. The number of halogens is 1. The molecule has 0 spiro atoms. The van der Waals surface area contributed by atoms with Crippen molar-refractivity contribution < 1.29 is 9.47 Å². The van der Waals surface area contributed by atoms with E-state index in [0.29, 0.717) is 25.0 Å². The first-order chi connectivity index (χ1) is 14.8. The second-order valence-electron chi connectivity index (χ2n) is 8.04. The molecule has 170 valence electrons. The van der Waals surface area contributed by atoms with Gasteiger partial charge in [0.25, 0.3) is 0 Å². The van der Waals surface area contributed by atoms with Crippen molar-refractivity contribution in [2.75, 3.05) is 33.4 Å². The predicted octanol–water partition coefficient (Wildman–Crippen LogP) is 4.79. The van der Waals surface area contributed by atoms with Gasteiger partial charge in [0, 0.05) is 32.7 Å². The lowest BCUT2D eigenvalue weighted by Gasteiger charge is -2.32.